The van der Waals surface area contributed by atoms with Crippen molar-refractivity contribution in [2.24, 2.45) is 0 Å². The van der Waals surface area contributed by atoms with Gasteiger partial charge in [0.1, 0.15) is 11.5 Å². The molecule has 12 aromatic rings. The minimum Gasteiger partial charge on any atom is -0.458 e. The van der Waals surface area contributed by atoms with Crippen molar-refractivity contribution in [3.05, 3.63) is 279 Å². The quantitative estimate of drug-likeness (QED) is 0.154. The van der Waals surface area contributed by atoms with E-state index in [1.165, 1.54) is 66.2 Å². The minimum atomic E-state index is -0.141. The van der Waals surface area contributed by atoms with Crippen molar-refractivity contribution < 1.29 is 4.74 Å². The van der Waals surface area contributed by atoms with Crippen molar-refractivity contribution in [2.45, 2.75) is 0 Å². The molecular weight excluding hydrogens is 983 g/mol. The van der Waals surface area contributed by atoms with Crippen LogP contribution in [0.3, 0.4) is 0 Å². The smallest absolute Gasteiger partial charge is 0.256 e. The number of rotatable bonds is 6. The molecule has 6 heterocycles. The van der Waals surface area contributed by atoms with Crippen LogP contribution in [0.5, 0.6) is 11.5 Å². The first-order chi connectivity index (χ1) is 40.2. The van der Waals surface area contributed by atoms with Gasteiger partial charge in [-0.1, -0.05) is 164 Å². The lowest BCUT2D eigenvalue weighted by molar-refractivity contribution is 0.488. The second kappa shape index (κ2) is 17.1. The van der Waals surface area contributed by atoms with E-state index in [4.69, 9.17) is 4.74 Å². The summed E-state index contributed by atoms with van der Waals surface area (Å²) in [7, 11) is 0. The molecule has 6 aliphatic rings. The first-order valence-corrected chi connectivity index (χ1v) is 28.1. The average Bonchev–Trinajstić information content (AvgIpc) is 1.17. The Morgan fingerprint density at radius 3 is 1.11 bits per heavy atom. The van der Waals surface area contributed by atoms with Gasteiger partial charge in [-0.15, -0.1) is 0 Å². The van der Waals surface area contributed by atoms with Crippen LogP contribution in [0.25, 0.3) is 0 Å². The van der Waals surface area contributed by atoms with Crippen molar-refractivity contribution in [3.63, 3.8) is 0 Å². The Morgan fingerprint density at radius 1 is 0.247 bits per heavy atom. The Kier molecular flexibility index (Phi) is 9.40. The van der Waals surface area contributed by atoms with E-state index in [-0.39, 0.29) is 20.1 Å². The molecule has 18 rings (SSSR count). The van der Waals surface area contributed by atoms with E-state index in [9.17, 15) is 0 Å². The SMILES string of the molecule is c1ccc(N(c2ccccc2)c2cc3c4c(c2)N(c2ccccc2)c2cc5c(cc2B4c2ccccc2N3c2ccccc2)N(c2ccccc2)c2cc3c4c6c2B5c2ccccc2N6c2ccccc2B4c2ccccc2O3)cc1. The van der Waals surface area contributed by atoms with Gasteiger partial charge in [0.2, 0.25) is 0 Å². The first-order valence-electron chi connectivity index (χ1n) is 28.1. The third-order valence-electron chi connectivity index (χ3n) is 17.8. The highest BCUT2D eigenvalue weighted by atomic mass is 16.5. The zero-order valence-corrected chi connectivity index (χ0v) is 43.9. The minimum absolute atomic E-state index is 0.0136. The summed E-state index contributed by atoms with van der Waals surface area (Å²) < 4.78 is 7.22. The zero-order valence-electron chi connectivity index (χ0n) is 43.9. The van der Waals surface area contributed by atoms with E-state index in [0.29, 0.717) is 0 Å². The molecule has 0 fully saturated rings. The van der Waals surface area contributed by atoms with Gasteiger partial charge in [0, 0.05) is 85.7 Å². The fraction of sp³-hybridized carbons (Fsp3) is 0. The highest BCUT2D eigenvalue weighted by molar-refractivity contribution is 7.05. The summed E-state index contributed by atoms with van der Waals surface area (Å²) in [4.78, 5) is 12.6. The number of para-hydroxylation sites is 9. The molecule has 0 unspecified atom stereocenters. The second-order valence-electron chi connectivity index (χ2n) is 21.9. The van der Waals surface area contributed by atoms with Crippen LogP contribution < -0.4 is 78.4 Å². The van der Waals surface area contributed by atoms with Gasteiger partial charge in [-0.05, 0) is 158 Å². The Labute approximate surface area is 471 Å². The van der Waals surface area contributed by atoms with Gasteiger partial charge in [-0.2, -0.15) is 0 Å². The lowest BCUT2D eigenvalue weighted by atomic mass is 9.28. The molecule has 0 atom stereocenters. The molecule has 0 amide bonds. The molecule has 6 nitrogen and oxygen atoms in total. The molecule has 0 bridgehead atoms. The number of anilines is 15. The van der Waals surface area contributed by atoms with Gasteiger partial charge < -0.3 is 29.2 Å². The van der Waals surface area contributed by atoms with E-state index in [1.807, 2.05) is 0 Å². The molecule has 0 aromatic heterocycles. The zero-order chi connectivity index (χ0) is 52.9. The third kappa shape index (κ3) is 6.26. The summed E-state index contributed by atoms with van der Waals surface area (Å²) in [6.45, 7) is -0.284. The van der Waals surface area contributed by atoms with Crippen LogP contribution in [0.15, 0.2) is 279 Å². The molecule has 12 aromatic carbocycles. The number of fused-ring (bicyclic) bond motifs is 14. The molecule has 0 radical (unpaired) electrons. The van der Waals surface area contributed by atoms with Crippen LogP contribution in [-0.4, -0.2) is 20.1 Å². The maximum Gasteiger partial charge on any atom is 0.256 e. The third-order valence-corrected chi connectivity index (χ3v) is 17.8. The maximum absolute atomic E-state index is 7.22. The molecule has 0 aliphatic carbocycles. The monoisotopic (exact) mass is 1030 g/mol. The van der Waals surface area contributed by atoms with Crippen molar-refractivity contribution in [1.29, 1.82) is 0 Å². The van der Waals surface area contributed by atoms with E-state index >= 15 is 0 Å². The van der Waals surface area contributed by atoms with E-state index in [0.717, 1.165) is 79.7 Å². The summed E-state index contributed by atoms with van der Waals surface area (Å²) in [5, 5.41) is 0. The molecule has 9 heteroatoms. The molecule has 0 N–H and O–H groups in total. The lowest BCUT2D eigenvalue weighted by Gasteiger charge is -2.50. The topological polar surface area (TPSA) is 25.4 Å². The first kappa shape index (κ1) is 44.6. The maximum atomic E-state index is 7.22. The number of benzene rings is 12. The van der Waals surface area contributed by atoms with Gasteiger partial charge in [-0.3, -0.25) is 0 Å². The molecular formula is C72H46B3N5O. The van der Waals surface area contributed by atoms with Crippen molar-refractivity contribution in [2.75, 3.05) is 24.5 Å². The largest absolute Gasteiger partial charge is 0.458 e. The fourth-order valence-corrected chi connectivity index (χ4v) is 14.7. The number of hydrogen-bond donors (Lipinski definition) is 0. The normalized spacial score (nSPS) is 13.9. The van der Waals surface area contributed by atoms with Gasteiger partial charge in [0.25, 0.3) is 20.1 Å². The number of nitrogens with zero attached hydrogens (tertiary/aromatic N) is 5. The molecule has 81 heavy (non-hydrogen) atoms. The second-order valence-corrected chi connectivity index (χ2v) is 21.9. The standard InChI is InChI=1S/C72H46B3N5O/c1-6-24-47(25-7-1)76(48-26-8-2-9-27-48)52-42-64-69-65(43-52)78(50-30-12-4-13-31-50)62-45-58-63(44-57(62)74(69)53-34-16-20-38-59(53)77(64)49-28-10-3-11-29-49)79(51-32-14-5-15-33-51)66-46-68-71-72-70(66)75(58)55-36-18-22-40-61(55)80(72)60-39-21-17-35-54(60)73(71)56-37-19-23-41-67(56)81-68/h1-46H. The van der Waals surface area contributed by atoms with Crippen LogP contribution in [0.1, 0.15) is 0 Å². The Bertz CT molecular complexity index is 4530. The summed E-state index contributed by atoms with van der Waals surface area (Å²) in [5.41, 5.74) is 28.4. The molecule has 0 saturated carbocycles. The van der Waals surface area contributed by atoms with Crippen LogP contribution in [0.4, 0.5) is 85.3 Å². The van der Waals surface area contributed by atoms with Gasteiger partial charge in [0.15, 0.2) is 0 Å². The van der Waals surface area contributed by atoms with Crippen molar-refractivity contribution >= 4 is 155 Å². The van der Waals surface area contributed by atoms with E-state index in [1.54, 1.807) is 0 Å². The van der Waals surface area contributed by atoms with Crippen molar-refractivity contribution in [1.82, 2.24) is 0 Å². The Hall–Kier alpha value is -10.4. The predicted octanol–water partition coefficient (Wildman–Crippen LogP) is 12.3. The summed E-state index contributed by atoms with van der Waals surface area (Å²) in [5.74, 6) is 1.81. The molecule has 6 aliphatic heterocycles. The molecule has 0 spiro atoms. The van der Waals surface area contributed by atoms with Gasteiger partial charge >= 0.3 is 0 Å². The summed E-state index contributed by atoms with van der Waals surface area (Å²) >= 11 is 0. The highest BCUT2D eigenvalue weighted by Gasteiger charge is 2.52. The molecule has 374 valence electrons. The summed E-state index contributed by atoms with van der Waals surface area (Å²) in [6.07, 6.45) is 0. The lowest BCUT2D eigenvalue weighted by Crippen LogP contribution is -2.68. The van der Waals surface area contributed by atoms with E-state index in [2.05, 4.69) is 304 Å². The Balaban J connectivity index is 0.967. The van der Waals surface area contributed by atoms with Crippen LogP contribution >= 0.6 is 0 Å². The molecule has 0 saturated heterocycles. The van der Waals surface area contributed by atoms with Crippen LogP contribution in [0.2, 0.25) is 0 Å². The Morgan fingerprint density at radius 2 is 0.617 bits per heavy atom. The highest BCUT2D eigenvalue weighted by Crippen LogP contribution is 2.52. The van der Waals surface area contributed by atoms with Crippen molar-refractivity contribution in [3.8, 4) is 11.5 Å². The number of hydrogen-bond acceptors (Lipinski definition) is 6. The van der Waals surface area contributed by atoms with E-state index < -0.39 is 0 Å². The predicted molar refractivity (Wildman–Crippen MR) is 340 cm³/mol. The average molecular weight is 1030 g/mol. The fourth-order valence-electron chi connectivity index (χ4n) is 14.7. The van der Waals surface area contributed by atoms with Crippen LogP contribution in [-0.2, 0) is 0 Å². The summed E-state index contributed by atoms with van der Waals surface area (Å²) in [6, 6.07) is 103. The van der Waals surface area contributed by atoms with Gasteiger partial charge in [0.05, 0.1) is 5.69 Å². The van der Waals surface area contributed by atoms with Gasteiger partial charge in [-0.25, -0.2) is 0 Å². The van der Waals surface area contributed by atoms with Crippen LogP contribution in [0, 0.1) is 0 Å². The number of ether oxygens (including phenoxy) is 1.